The lowest BCUT2D eigenvalue weighted by molar-refractivity contribution is -0.121. The highest BCUT2D eigenvalue weighted by atomic mass is 16.2. The van der Waals surface area contributed by atoms with Gasteiger partial charge in [0.25, 0.3) is 5.91 Å². The zero-order valence-electron chi connectivity index (χ0n) is 18.5. The second kappa shape index (κ2) is 8.54. The smallest absolute Gasteiger partial charge is 0.254 e. The Balaban J connectivity index is 1.51. The summed E-state index contributed by atoms with van der Waals surface area (Å²) >= 11 is 0. The molecule has 2 amide bonds. The maximum absolute atomic E-state index is 13.3. The predicted octanol–water partition coefficient (Wildman–Crippen LogP) is 5.63. The Morgan fingerprint density at radius 1 is 0.935 bits per heavy atom. The third-order valence-corrected chi connectivity index (χ3v) is 6.09. The number of benzene rings is 3. The Morgan fingerprint density at radius 3 is 2.45 bits per heavy atom. The zero-order chi connectivity index (χ0) is 22.0. The molecule has 0 aliphatic carbocycles. The highest BCUT2D eigenvalue weighted by Crippen LogP contribution is 2.30. The number of amides is 2. The quantitative estimate of drug-likeness (QED) is 0.604. The fourth-order valence-electron chi connectivity index (χ4n) is 4.44. The van der Waals surface area contributed by atoms with Crippen LogP contribution in [-0.4, -0.2) is 29.8 Å². The highest BCUT2D eigenvalue weighted by Gasteiger charge is 2.30. The molecule has 4 rings (SSSR count). The summed E-state index contributed by atoms with van der Waals surface area (Å²) in [6.45, 7) is 7.56. The van der Waals surface area contributed by atoms with E-state index in [2.05, 4.69) is 32.2 Å². The molecular formula is C27H30N2O2. The van der Waals surface area contributed by atoms with Gasteiger partial charge in [-0.25, -0.2) is 0 Å². The molecule has 1 aliphatic heterocycles. The van der Waals surface area contributed by atoms with Crippen LogP contribution in [0, 0.1) is 5.92 Å². The molecule has 0 saturated carbocycles. The van der Waals surface area contributed by atoms with Crippen molar-refractivity contribution in [1.29, 1.82) is 0 Å². The van der Waals surface area contributed by atoms with Gasteiger partial charge in [-0.1, -0.05) is 75.4 Å². The van der Waals surface area contributed by atoms with Gasteiger partial charge in [0, 0.05) is 24.3 Å². The second-order valence-electron chi connectivity index (χ2n) is 9.40. The molecule has 160 valence electrons. The molecule has 1 N–H and O–H groups in total. The first-order valence-corrected chi connectivity index (χ1v) is 11.0. The van der Waals surface area contributed by atoms with E-state index in [1.807, 2.05) is 65.6 Å². The number of hydrogen-bond donors (Lipinski definition) is 1. The van der Waals surface area contributed by atoms with Gasteiger partial charge in [0.1, 0.15) is 0 Å². The van der Waals surface area contributed by atoms with Crippen LogP contribution >= 0.6 is 0 Å². The van der Waals surface area contributed by atoms with Crippen molar-refractivity contribution < 1.29 is 9.59 Å². The van der Waals surface area contributed by atoms with Gasteiger partial charge < -0.3 is 10.2 Å². The lowest BCUT2D eigenvalue weighted by atomic mass is 9.85. The SMILES string of the molecule is CC(C)(C)c1ccccc1NC(=O)C1CCCN(C(=O)c2cccc3ccccc23)C1. The fourth-order valence-corrected chi connectivity index (χ4v) is 4.44. The Kier molecular flexibility index (Phi) is 5.81. The molecule has 3 aromatic carbocycles. The van der Waals surface area contributed by atoms with E-state index in [1.165, 1.54) is 0 Å². The molecule has 1 heterocycles. The van der Waals surface area contributed by atoms with Gasteiger partial charge in [-0.3, -0.25) is 9.59 Å². The first kappa shape index (κ1) is 21.1. The lowest BCUT2D eigenvalue weighted by Crippen LogP contribution is -2.44. The number of anilines is 1. The normalized spacial score (nSPS) is 16.9. The van der Waals surface area contributed by atoms with Crippen LogP contribution in [0.2, 0.25) is 0 Å². The number of carbonyl (C=O) groups excluding carboxylic acids is 2. The van der Waals surface area contributed by atoms with Gasteiger partial charge in [0.05, 0.1) is 5.92 Å². The average molecular weight is 415 g/mol. The first-order valence-electron chi connectivity index (χ1n) is 11.0. The number of rotatable bonds is 3. The van der Waals surface area contributed by atoms with Gasteiger partial charge in [-0.15, -0.1) is 0 Å². The van der Waals surface area contributed by atoms with Crippen LogP contribution in [-0.2, 0) is 10.2 Å². The minimum atomic E-state index is -0.208. The summed E-state index contributed by atoms with van der Waals surface area (Å²) in [7, 11) is 0. The molecule has 0 bridgehead atoms. The maximum atomic E-state index is 13.3. The topological polar surface area (TPSA) is 49.4 Å². The van der Waals surface area contributed by atoms with Crippen molar-refractivity contribution >= 4 is 28.3 Å². The molecule has 4 heteroatoms. The Labute approximate surface area is 184 Å². The summed E-state index contributed by atoms with van der Waals surface area (Å²) in [4.78, 5) is 28.3. The van der Waals surface area contributed by atoms with E-state index in [4.69, 9.17) is 0 Å². The summed E-state index contributed by atoms with van der Waals surface area (Å²) in [6, 6.07) is 21.7. The Morgan fingerprint density at radius 2 is 1.65 bits per heavy atom. The number of carbonyl (C=O) groups is 2. The third-order valence-electron chi connectivity index (χ3n) is 6.09. The van der Waals surface area contributed by atoms with Gasteiger partial charge in [0.15, 0.2) is 0 Å². The van der Waals surface area contributed by atoms with E-state index < -0.39 is 0 Å². The van der Waals surface area contributed by atoms with Crippen LogP contribution in [0.15, 0.2) is 66.7 Å². The molecule has 0 radical (unpaired) electrons. The van der Waals surface area contributed by atoms with Crippen molar-refractivity contribution in [2.24, 2.45) is 5.92 Å². The van der Waals surface area contributed by atoms with Crippen LogP contribution in [0.4, 0.5) is 5.69 Å². The van der Waals surface area contributed by atoms with Crippen molar-refractivity contribution in [2.45, 2.75) is 39.0 Å². The molecule has 1 saturated heterocycles. The van der Waals surface area contributed by atoms with E-state index in [-0.39, 0.29) is 23.1 Å². The summed E-state index contributed by atoms with van der Waals surface area (Å²) in [6.07, 6.45) is 1.62. The number of fused-ring (bicyclic) bond motifs is 1. The van der Waals surface area contributed by atoms with E-state index in [0.717, 1.165) is 34.9 Å². The monoisotopic (exact) mass is 414 g/mol. The van der Waals surface area contributed by atoms with E-state index in [9.17, 15) is 9.59 Å². The zero-order valence-corrected chi connectivity index (χ0v) is 18.5. The van der Waals surface area contributed by atoms with Gasteiger partial charge in [-0.2, -0.15) is 0 Å². The van der Waals surface area contributed by atoms with E-state index in [1.54, 1.807) is 0 Å². The van der Waals surface area contributed by atoms with E-state index in [0.29, 0.717) is 18.7 Å². The number of piperidine rings is 1. The molecule has 1 atom stereocenters. The molecule has 0 spiro atoms. The number of likely N-dealkylation sites (tertiary alicyclic amines) is 1. The number of para-hydroxylation sites is 1. The van der Waals surface area contributed by atoms with Crippen LogP contribution in [0.5, 0.6) is 0 Å². The standard InChI is InChI=1S/C27H30N2O2/c1-27(2,3)23-15-6-7-16-24(23)28-25(30)20-12-9-17-29(18-20)26(31)22-14-8-11-19-10-4-5-13-21(19)22/h4-8,10-11,13-16,20H,9,12,17-18H2,1-3H3,(H,28,30). The fraction of sp³-hybridized carbons (Fsp3) is 0.333. The van der Waals surface area contributed by atoms with Gasteiger partial charge in [0.2, 0.25) is 5.91 Å². The predicted molar refractivity (Wildman–Crippen MR) is 126 cm³/mol. The minimum Gasteiger partial charge on any atom is -0.338 e. The lowest BCUT2D eigenvalue weighted by Gasteiger charge is -2.33. The number of nitrogens with zero attached hydrogens (tertiary/aromatic N) is 1. The van der Waals surface area contributed by atoms with Crippen molar-refractivity contribution in [1.82, 2.24) is 4.90 Å². The molecule has 4 nitrogen and oxygen atoms in total. The van der Waals surface area contributed by atoms with Crippen molar-refractivity contribution in [3.63, 3.8) is 0 Å². The summed E-state index contributed by atoms with van der Waals surface area (Å²) in [5.41, 5.74) is 2.62. The minimum absolute atomic E-state index is 0.00407. The summed E-state index contributed by atoms with van der Waals surface area (Å²) in [5, 5.41) is 5.15. The maximum Gasteiger partial charge on any atom is 0.254 e. The molecule has 3 aromatic rings. The molecule has 1 aliphatic rings. The average Bonchev–Trinajstić information content (AvgIpc) is 2.78. The molecular weight excluding hydrogens is 384 g/mol. The molecule has 1 fully saturated rings. The van der Waals surface area contributed by atoms with Crippen LogP contribution in [0.3, 0.4) is 0 Å². The molecule has 0 aromatic heterocycles. The van der Waals surface area contributed by atoms with Crippen LogP contribution < -0.4 is 5.32 Å². The first-order chi connectivity index (χ1) is 14.8. The van der Waals surface area contributed by atoms with Crippen molar-refractivity contribution in [3.05, 3.63) is 77.9 Å². The third kappa shape index (κ3) is 4.48. The molecule has 1 unspecified atom stereocenters. The summed E-state index contributed by atoms with van der Waals surface area (Å²) < 4.78 is 0. The Bertz CT molecular complexity index is 1110. The van der Waals surface area contributed by atoms with Crippen molar-refractivity contribution in [2.75, 3.05) is 18.4 Å². The second-order valence-corrected chi connectivity index (χ2v) is 9.40. The largest absolute Gasteiger partial charge is 0.338 e. The van der Waals surface area contributed by atoms with Gasteiger partial charge >= 0.3 is 0 Å². The Hall–Kier alpha value is -3.14. The van der Waals surface area contributed by atoms with Crippen LogP contribution in [0.25, 0.3) is 10.8 Å². The molecule has 31 heavy (non-hydrogen) atoms. The van der Waals surface area contributed by atoms with Crippen molar-refractivity contribution in [3.8, 4) is 0 Å². The summed E-state index contributed by atoms with van der Waals surface area (Å²) in [5.74, 6) is -0.211. The highest BCUT2D eigenvalue weighted by molar-refractivity contribution is 6.07. The van der Waals surface area contributed by atoms with E-state index >= 15 is 0 Å². The number of hydrogen-bond acceptors (Lipinski definition) is 2. The number of nitrogens with one attached hydrogen (secondary N) is 1. The van der Waals surface area contributed by atoms with Gasteiger partial charge in [-0.05, 0) is 46.7 Å². The van der Waals surface area contributed by atoms with Crippen LogP contribution in [0.1, 0.15) is 49.5 Å².